The van der Waals surface area contributed by atoms with E-state index in [-0.39, 0.29) is 5.91 Å². The molecule has 1 aromatic carbocycles. The molecule has 0 aliphatic carbocycles. The first-order chi connectivity index (χ1) is 15.2. The lowest BCUT2D eigenvalue weighted by Crippen LogP contribution is -2.29. The molecule has 4 aromatic rings. The minimum absolute atomic E-state index is 0.163. The third kappa shape index (κ3) is 5.02. The molecule has 0 aliphatic heterocycles. The smallest absolute Gasteiger partial charge is 0.254 e. The molecule has 0 atom stereocenters. The van der Waals surface area contributed by atoms with Crippen molar-refractivity contribution in [2.75, 3.05) is 23.7 Å². The van der Waals surface area contributed by atoms with Crippen molar-refractivity contribution < 1.29 is 4.79 Å². The summed E-state index contributed by atoms with van der Waals surface area (Å²) in [6.45, 7) is 2.83. The van der Waals surface area contributed by atoms with Crippen LogP contribution in [0.2, 0.25) is 0 Å². The maximum atomic E-state index is 12.5. The summed E-state index contributed by atoms with van der Waals surface area (Å²) in [4.78, 5) is 16.5. The number of carbonyl (C=O) groups is 1. The molecule has 1 amide bonds. The lowest BCUT2D eigenvalue weighted by atomic mass is 10.2. The molecule has 0 aliphatic rings. The van der Waals surface area contributed by atoms with Crippen molar-refractivity contribution in [2.45, 2.75) is 6.92 Å². The summed E-state index contributed by atoms with van der Waals surface area (Å²) in [5.41, 5.74) is 3.10. The van der Waals surface area contributed by atoms with Gasteiger partial charge in [-0.3, -0.25) is 9.78 Å². The lowest BCUT2D eigenvalue weighted by Gasteiger charge is -2.08. The van der Waals surface area contributed by atoms with Gasteiger partial charge in [-0.05, 0) is 43.3 Å². The molecule has 3 aromatic heterocycles. The third-order valence-electron chi connectivity index (χ3n) is 4.57. The van der Waals surface area contributed by atoms with E-state index in [1.807, 2.05) is 61.5 Å². The van der Waals surface area contributed by atoms with Crippen molar-refractivity contribution in [1.82, 2.24) is 30.3 Å². The lowest BCUT2D eigenvalue weighted by molar-refractivity contribution is 0.0954. The van der Waals surface area contributed by atoms with Crippen LogP contribution in [0.15, 0.2) is 73.2 Å². The van der Waals surface area contributed by atoms with Crippen LogP contribution >= 0.6 is 0 Å². The van der Waals surface area contributed by atoms with Gasteiger partial charge in [-0.15, -0.1) is 10.2 Å². The molecular formula is C22H22N8O. The minimum atomic E-state index is -0.163. The Bertz CT molecular complexity index is 1130. The van der Waals surface area contributed by atoms with Crippen molar-refractivity contribution in [1.29, 1.82) is 0 Å². The monoisotopic (exact) mass is 414 g/mol. The van der Waals surface area contributed by atoms with Crippen LogP contribution in [-0.4, -0.2) is 44.0 Å². The highest BCUT2D eigenvalue weighted by Crippen LogP contribution is 2.14. The predicted octanol–water partition coefficient (Wildman–Crippen LogP) is 2.95. The van der Waals surface area contributed by atoms with Crippen molar-refractivity contribution in [3.8, 4) is 5.69 Å². The second kappa shape index (κ2) is 9.49. The van der Waals surface area contributed by atoms with Crippen LogP contribution in [0, 0.1) is 6.92 Å². The van der Waals surface area contributed by atoms with Crippen LogP contribution in [-0.2, 0) is 0 Å². The molecule has 3 N–H and O–H groups in total. The van der Waals surface area contributed by atoms with Gasteiger partial charge in [-0.2, -0.15) is 5.10 Å². The van der Waals surface area contributed by atoms with E-state index < -0.39 is 0 Å². The van der Waals surface area contributed by atoms with E-state index in [0.717, 1.165) is 17.1 Å². The summed E-state index contributed by atoms with van der Waals surface area (Å²) in [5.74, 6) is 1.08. The number of carbonyl (C=O) groups excluding carboxylic acids is 1. The molecule has 3 heterocycles. The highest BCUT2D eigenvalue weighted by atomic mass is 16.1. The number of pyridine rings is 1. The first kappa shape index (κ1) is 20.0. The molecule has 9 nitrogen and oxygen atoms in total. The number of aromatic nitrogens is 5. The zero-order chi connectivity index (χ0) is 21.5. The van der Waals surface area contributed by atoms with Gasteiger partial charge in [0, 0.05) is 19.3 Å². The van der Waals surface area contributed by atoms with Gasteiger partial charge in [0.25, 0.3) is 5.91 Å². The Morgan fingerprint density at radius 3 is 2.48 bits per heavy atom. The molecule has 9 heteroatoms. The Morgan fingerprint density at radius 1 is 0.935 bits per heavy atom. The van der Waals surface area contributed by atoms with Crippen molar-refractivity contribution in [3.05, 3.63) is 84.4 Å². The first-order valence-corrected chi connectivity index (χ1v) is 9.83. The average Bonchev–Trinajstić information content (AvgIpc) is 3.20. The number of benzene rings is 1. The summed E-state index contributed by atoms with van der Waals surface area (Å²) in [5, 5.41) is 21.7. The van der Waals surface area contributed by atoms with Crippen LogP contribution in [0.4, 0.5) is 17.3 Å². The zero-order valence-corrected chi connectivity index (χ0v) is 17.0. The summed E-state index contributed by atoms with van der Waals surface area (Å²) in [7, 11) is 0. The molecule has 0 radical (unpaired) electrons. The molecule has 31 heavy (non-hydrogen) atoms. The molecule has 0 saturated carbocycles. The van der Waals surface area contributed by atoms with Crippen LogP contribution < -0.4 is 16.0 Å². The van der Waals surface area contributed by atoms with Crippen molar-refractivity contribution in [2.24, 2.45) is 0 Å². The minimum Gasteiger partial charge on any atom is -0.367 e. The quantitative estimate of drug-likeness (QED) is 0.380. The molecule has 0 spiro atoms. The number of nitrogens with one attached hydrogen (secondary N) is 3. The van der Waals surface area contributed by atoms with Gasteiger partial charge >= 0.3 is 0 Å². The topological polar surface area (TPSA) is 110 Å². The Hall–Kier alpha value is -4.27. The van der Waals surface area contributed by atoms with Crippen LogP contribution in [0.1, 0.15) is 16.1 Å². The number of rotatable bonds is 8. The largest absolute Gasteiger partial charge is 0.367 e. The van der Waals surface area contributed by atoms with E-state index in [4.69, 9.17) is 0 Å². The van der Waals surface area contributed by atoms with E-state index >= 15 is 0 Å². The Balaban J connectivity index is 1.25. The zero-order valence-electron chi connectivity index (χ0n) is 17.0. The first-order valence-electron chi connectivity index (χ1n) is 9.83. The maximum absolute atomic E-state index is 12.5. The van der Waals surface area contributed by atoms with Gasteiger partial charge in [0.1, 0.15) is 5.82 Å². The summed E-state index contributed by atoms with van der Waals surface area (Å²) < 4.78 is 1.75. The second-order valence-electron chi connectivity index (χ2n) is 6.74. The number of anilines is 3. The number of para-hydroxylation sites is 1. The van der Waals surface area contributed by atoms with E-state index in [1.54, 1.807) is 23.3 Å². The number of hydrogen-bond donors (Lipinski definition) is 3. The summed E-state index contributed by atoms with van der Waals surface area (Å²) in [6, 6.07) is 17.1. The van der Waals surface area contributed by atoms with Crippen molar-refractivity contribution >= 4 is 23.2 Å². The molecule has 0 fully saturated rings. The van der Waals surface area contributed by atoms with E-state index in [9.17, 15) is 4.79 Å². The Labute approximate surface area is 179 Å². The SMILES string of the molecule is Cc1c(C(=O)NCCNc2ccc(Nc3cccnc3)nn2)cnn1-c1ccccc1. The molecule has 0 bridgehead atoms. The molecular weight excluding hydrogens is 392 g/mol. The molecule has 0 unspecified atom stereocenters. The Kier molecular flexibility index (Phi) is 6.13. The standard InChI is InChI=1S/C22H22N8O/c1-16-19(15-26-30(16)18-7-3-2-4-8-18)22(31)25-13-12-24-20-9-10-21(29-28-20)27-17-6-5-11-23-14-17/h2-11,14-15H,12-13H2,1H3,(H,24,28)(H,25,31)(H,27,29). The number of hydrogen-bond acceptors (Lipinski definition) is 7. The molecule has 156 valence electrons. The summed E-state index contributed by atoms with van der Waals surface area (Å²) in [6.07, 6.45) is 5.01. The normalized spacial score (nSPS) is 10.5. The maximum Gasteiger partial charge on any atom is 0.254 e. The summed E-state index contributed by atoms with van der Waals surface area (Å²) >= 11 is 0. The fourth-order valence-electron chi connectivity index (χ4n) is 3.00. The van der Waals surface area contributed by atoms with Crippen LogP contribution in [0.5, 0.6) is 0 Å². The second-order valence-corrected chi connectivity index (χ2v) is 6.74. The van der Waals surface area contributed by atoms with Gasteiger partial charge < -0.3 is 16.0 Å². The molecule has 4 rings (SSSR count). The average molecular weight is 414 g/mol. The van der Waals surface area contributed by atoms with Crippen LogP contribution in [0.3, 0.4) is 0 Å². The number of amides is 1. The van der Waals surface area contributed by atoms with Gasteiger partial charge in [-0.25, -0.2) is 4.68 Å². The fourth-order valence-corrected chi connectivity index (χ4v) is 3.00. The van der Waals surface area contributed by atoms with Gasteiger partial charge in [0.05, 0.1) is 35.0 Å². The fraction of sp³-hybridized carbons (Fsp3) is 0.136. The van der Waals surface area contributed by atoms with Crippen molar-refractivity contribution in [3.63, 3.8) is 0 Å². The predicted molar refractivity (Wildman–Crippen MR) is 119 cm³/mol. The third-order valence-corrected chi connectivity index (χ3v) is 4.57. The van der Waals surface area contributed by atoms with E-state index in [0.29, 0.717) is 30.3 Å². The van der Waals surface area contributed by atoms with E-state index in [2.05, 4.69) is 36.2 Å². The van der Waals surface area contributed by atoms with Gasteiger partial charge in [0.2, 0.25) is 0 Å². The molecule has 0 saturated heterocycles. The highest BCUT2D eigenvalue weighted by Gasteiger charge is 2.14. The van der Waals surface area contributed by atoms with E-state index in [1.165, 1.54) is 0 Å². The van der Waals surface area contributed by atoms with Gasteiger partial charge in [0.15, 0.2) is 5.82 Å². The number of nitrogens with zero attached hydrogens (tertiary/aromatic N) is 5. The highest BCUT2D eigenvalue weighted by molar-refractivity contribution is 5.95. The Morgan fingerprint density at radius 2 is 1.74 bits per heavy atom. The van der Waals surface area contributed by atoms with Gasteiger partial charge in [-0.1, -0.05) is 18.2 Å². The van der Waals surface area contributed by atoms with Crippen LogP contribution in [0.25, 0.3) is 5.69 Å².